The number of hydrogen-bond acceptors (Lipinski definition) is 2. The lowest BCUT2D eigenvalue weighted by atomic mass is 10.0. The summed E-state index contributed by atoms with van der Waals surface area (Å²) in [6, 6.07) is 0. The summed E-state index contributed by atoms with van der Waals surface area (Å²) in [5.41, 5.74) is 4.36. The van der Waals surface area contributed by atoms with E-state index in [0.29, 0.717) is 19.3 Å². The summed E-state index contributed by atoms with van der Waals surface area (Å²) in [7, 11) is 0. The monoisotopic (exact) mass is 180 g/mol. The third kappa shape index (κ3) is 3.58. The molecule has 0 aliphatic heterocycles. The Kier molecular flexibility index (Phi) is 3.94. The highest BCUT2D eigenvalue weighted by Crippen LogP contribution is 2.11. The van der Waals surface area contributed by atoms with Crippen molar-refractivity contribution >= 4 is 5.78 Å². The molecule has 0 spiro atoms. The fraction of sp³-hybridized carbons (Fsp3) is 0.636. The van der Waals surface area contributed by atoms with Crippen molar-refractivity contribution in [3.8, 4) is 0 Å². The molecule has 0 aromatic carbocycles. The highest BCUT2D eigenvalue weighted by Gasteiger charge is 2.13. The first-order valence-corrected chi connectivity index (χ1v) is 4.81. The molecule has 0 amide bonds. The summed E-state index contributed by atoms with van der Waals surface area (Å²) in [6.45, 7) is 2.03. The van der Waals surface area contributed by atoms with E-state index >= 15 is 0 Å². The third-order valence-electron chi connectivity index (χ3n) is 2.28. The van der Waals surface area contributed by atoms with Crippen molar-refractivity contribution in [3.05, 3.63) is 17.4 Å². The smallest absolute Gasteiger partial charge is 0.161 e. The van der Waals surface area contributed by atoms with Gasteiger partial charge in [-0.1, -0.05) is 0 Å². The molecule has 0 aromatic rings. The fourth-order valence-electron chi connectivity index (χ4n) is 1.42. The van der Waals surface area contributed by atoms with Crippen LogP contribution in [0.4, 0.5) is 0 Å². The first-order chi connectivity index (χ1) is 6.20. The van der Waals surface area contributed by atoms with Crippen molar-refractivity contribution in [1.29, 1.82) is 0 Å². The average Bonchev–Trinajstić information content (AvgIpc) is 2.11. The van der Waals surface area contributed by atoms with Crippen LogP contribution in [0.2, 0.25) is 0 Å². The normalized spacial score (nSPS) is 25.5. The molecule has 2 heteroatoms. The summed E-state index contributed by atoms with van der Waals surface area (Å²) in [6.07, 6.45) is 4.71. The molecular weight excluding hydrogens is 164 g/mol. The lowest BCUT2D eigenvalue weighted by Crippen LogP contribution is -2.19. The Morgan fingerprint density at radius 1 is 1.54 bits per heavy atom. The number of aliphatic hydroxyl groups excluding tert-OH is 1. The zero-order chi connectivity index (χ0) is 9.68. The maximum Gasteiger partial charge on any atom is 0.161 e. The number of carbonyl (C=O) groups excluding carboxylic acids is 1. The van der Waals surface area contributed by atoms with E-state index in [1.54, 1.807) is 0 Å². The van der Waals surface area contributed by atoms with Gasteiger partial charge in [0.2, 0.25) is 0 Å². The first-order valence-electron chi connectivity index (χ1n) is 4.81. The molecule has 0 saturated carbocycles. The molecule has 1 rings (SSSR count). The second-order valence-electron chi connectivity index (χ2n) is 3.54. The van der Waals surface area contributed by atoms with E-state index in [-0.39, 0.29) is 5.78 Å². The van der Waals surface area contributed by atoms with E-state index in [9.17, 15) is 9.90 Å². The molecule has 1 aliphatic rings. The van der Waals surface area contributed by atoms with Crippen LogP contribution in [0, 0.1) is 0 Å². The van der Waals surface area contributed by atoms with Crippen molar-refractivity contribution in [3.63, 3.8) is 0 Å². The van der Waals surface area contributed by atoms with E-state index in [0.717, 1.165) is 12.8 Å². The molecule has 0 radical (unpaired) electrons. The summed E-state index contributed by atoms with van der Waals surface area (Å²) >= 11 is 0. The van der Waals surface area contributed by atoms with E-state index in [1.807, 2.05) is 13.0 Å². The van der Waals surface area contributed by atoms with Gasteiger partial charge >= 0.3 is 0 Å². The van der Waals surface area contributed by atoms with Gasteiger partial charge in [0, 0.05) is 6.42 Å². The van der Waals surface area contributed by atoms with E-state index in [2.05, 4.69) is 5.73 Å². The maximum atomic E-state index is 11.2. The zero-order valence-corrected chi connectivity index (χ0v) is 8.05. The second kappa shape index (κ2) is 5.00. The van der Waals surface area contributed by atoms with Crippen LogP contribution in [0.25, 0.3) is 0 Å². The van der Waals surface area contributed by atoms with Crippen molar-refractivity contribution in [2.45, 2.75) is 45.1 Å². The Balaban J connectivity index is 2.62. The minimum atomic E-state index is -0.737. The van der Waals surface area contributed by atoms with Gasteiger partial charge in [0.05, 0.1) is 0 Å². The van der Waals surface area contributed by atoms with Gasteiger partial charge in [-0.15, -0.1) is 5.73 Å². The van der Waals surface area contributed by atoms with Gasteiger partial charge in [-0.25, -0.2) is 0 Å². The molecule has 1 aliphatic carbocycles. The molecule has 0 saturated heterocycles. The van der Waals surface area contributed by atoms with Gasteiger partial charge in [0.1, 0.15) is 6.10 Å². The minimum absolute atomic E-state index is 0.0300. The third-order valence-corrected chi connectivity index (χ3v) is 2.28. The zero-order valence-electron chi connectivity index (χ0n) is 8.05. The Hall–Kier alpha value is -0.850. The van der Waals surface area contributed by atoms with Gasteiger partial charge in [-0.05, 0) is 44.3 Å². The largest absolute Gasteiger partial charge is 0.385 e. The highest BCUT2D eigenvalue weighted by atomic mass is 16.3. The molecule has 2 nitrogen and oxygen atoms in total. The van der Waals surface area contributed by atoms with Crippen LogP contribution in [-0.2, 0) is 4.79 Å². The molecule has 0 fully saturated rings. The van der Waals surface area contributed by atoms with Gasteiger partial charge in [-0.3, -0.25) is 4.79 Å². The van der Waals surface area contributed by atoms with Crippen molar-refractivity contribution in [2.24, 2.45) is 0 Å². The number of carbonyl (C=O) groups is 1. The van der Waals surface area contributed by atoms with Crippen LogP contribution in [0.15, 0.2) is 17.4 Å². The maximum absolute atomic E-state index is 11.2. The van der Waals surface area contributed by atoms with E-state index in [1.165, 1.54) is 5.57 Å². The van der Waals surface area contributed by atoms with Crippen LogP contribution in [-0.4, -0.2) is 17.0 Å². The second-order valence-corrected chi connectivity index (χ2v) is 3.54. The number of aliphatic hydroxyl groups is 1. The van der Waals surface area contributed by atoms with Crippen LogP contribution in [0.5, 0.6) is 0 Å². The molecule has 13 heavy (non-hydrogen) atoms. The molecule has 1 atom stereocenters. The quantitative estimate of drug-likeness (QED) is 0.579. The number of allylic oxidation sites excluding steroid dienone is 1. The van der Waals surface area contributed by atoms with Crippen LogP contribution in [0.1, 0.15) is 39.0 Å². The summed E-state index contributed by atoms with van der Waals surface area (Å²) < 4.78 is 0. The molecule has 0 bridgehead atoms. The number of ketones is 1. The molecule has 0 heterocycles. The number of Topliss-reactive ketones (excluding diaryl/α,β-unsaturated/α-hetero) is 1. The van der Waals surface area contributed by atoms with Crippen molar-refractivity contribution < 1.29 is 9.90 Å². The van der Waals surface area contributed by atoms with Crippen LogP contribution >= 0.6 is 0 Å². The standard InChI is InChI=1S/C11H16O2/c1-9-5-2-3-7-10(12)11(13)8-4-6-9/h2,11,13H,3-4,6-8H2,1H3/t5?,11-/m0/s1. The number of rotatable bonds is 0. The Morgan fingerprint density at radius 2 is 2.31 bits per heavy atom. The van der Waals surface area contributed by atoms with Gasteiger partial charge in [0.25, 0.3) is 0 Å². The lowest BCUT2D eigenvalue weighted by molar-refractivity contribution is -0.127. The minimum Gasteiger partial charge on any atom is -0.385 e. The fourth-order valence-corrected chi connectivity index (χ4v) is 1.42. The predicted octanol–water partition coefficient (Wildman–Crippen LogP) is 1.98. The van der Waals surface area contributed by atoms with Crippen LogP contribution < -0.4 is 0 Å². The number of hydrogen-bond donors (Lipinski definition) is 1. The molecule has 72 valence electrons. The molecule has 0 aromatic heterocycles. The van der Waals surface area contributed by atoms with Gasteiger partial charge < -0.3 is 5.11 Å². The van der Waals surface area contributed by atoms with Gasteiger partial charge in [0.15, 0.2) is 5.78 Å². The Bertz CT molecular complexity index is 245. The molecule has 1 N–H and O–H groups in total. The van der Waals surface area contributed by atoms with E-state index in [4.69, 9.17) is 0 Å². The summed E-state index contributed by atoms with van der Waals surface area (Å²) in [5, 5.41) is 9.39. The van der Waals surface area contributed by atoms with E-state index < -0.39 is 6.10 Å². The Labute approximate surface area is 79.0 Å². The van der Waals surface area contributed by atoms with Crippen molar-refractivity contribution in [2.75, 3.05) is 0 Å². The van der Waals surface area contributed by atoms with Crippen molar-refractivity contribution in [1.82, 2.24) is 0 Å². The SMILES string of the molecule is CC1=C=CCCC(=O)[C@@H](O)CCC1. The molecular formula is C11H16O2. The Morgan fingerprint density at radius 3 is 3.08 bits per heavy atom. The van der Waals surface area contributed by atoms with Gasteiger partial charge in [-0.2, -0.15) is 0 Å². The summed E-state index contributed by atoms with van der Waals surface area (Å²) in [5.74, 6) is -0.0300. The molecule has 0 unspecified atom stereocenters. The lowest BCUT2D eigenvalue weighted by Gasteiger charge is -2.09. The topological polar surface area (TPSA) is 37.3 Å². The van der Waals surface area contributed by atoms with Crippen LogP contribution in [0.3, 0.4) is 0 Å². The average molecular weight is 180 g/mol. The first kappa shape index (κ1) is 10.2. The predicted molar refractivity (Wildman–Crippen MR) is 51.4 cm³/mol. The summed E-state index contributed by atoms with van der Waals surface area (Å²) in [4.78, 5) is 11.2. The highest BCUT2D eigenvalue weighted by molar-refractivity contribution is 5.82.